The second-order valence-corrected chi connectivity index (χ2v) is 8.38. The zero-order valence-electron chi connectivity index (χ0n) is 15.0. The van der Waals surface area contributed by atoms with Crippen molar-refractivity contribution in [3.8, 4) is 5.69 Å². The number of rotatable bonds is 7. The molecular formula is C20H23N3O2S. The lowest BCUT2D eigenvalue weighted by Crippen LogP contribution is -2.23. The molecule has 0 saturated heterocycles. The molecular weight excluding hydrogens is 346 g/mol. The van der Waals surface area contributed by atoms with Crippen molar-refractivity contribution in [3.05, 3.63) is 78.1 Å². The minimum atomic E-state index is -3.55. The van der Waals surface area contributed by atoms with Crippen LogP contribution < -0.4 is 4.72 Å². The van der Waals surface area contributed by atoms with Gasteiger partial charge in [0.25, 0.3) is 0 Å². The van der Waals surface area contributed by atoms with E-state index in [1.54, 1.807) is 30.3 Å². The minimum Gasteiger partial charge on any atom is -0.238 e. The van der Waals surface area contributed by atoms with Crippen molar-refractivity contribution >= 4 is 10.0 Å². The van der Waals surface area contributed by atoms with Crippen LogP contribution in [0.15, 0.2) is 71.6 Å². The zero-order valence-corrected chi connectivity index (χ0v) is 15.8. The topological polar surface area (TPSA) is 64.0 Å². The first kappa shape index (κ1) is 18.4. The van der Waals surface area contributed by atoms with E-state index in [1.807, 2.05) is 41.1 Å². The van der Waals surface area contributed by atoms with Crippen LogP contribution in [0.3, 0.4) is 0 Å². The third-order valence-electron chi connectivity index (χ3n) is 3.95. The van der Waals surface area contributed by atoms with Crippen LogP contribution in [0.5, 0.6) is 0 Å². The number of sulfonamides is 1. The smallest absolute Gasteiger partial charge is 0.238 e. The van der Waals surface area contributed by atoms with Gasteiger partial charge in [0.2, 0.25) is 10.0 Å². The third kappa shape index (κ3) is 4.39. The number of nitrogens with zero attached hydrogens (tertiary/aromatic N) is 2. The van der Waals surface area contributed by atoms with Gasteiger partial charge in [0.1, 0.15) is 0 Å². The fourth-order valence-corrected chi connectivity index (χ4v) is 3.79. The molecule has 0 aliphatic carbocycles. The van der Waals surface area contributed by atoms with Gasteiger partial charge in [-0.2, -0.15) is 5.10 Å². The first-order chi connectivity index (χ1) is 12.5. The molecule has 0 amide bonds. The summed E-state index contributed by atoms with van der Waals surface area (Å²) >= 11 is 0. The molecule has 0 aliphatic rings. The van der Waals surface area contributed by atoms with Crippen LogP contribution in [0.25, 0.3) is 5.69 Å². The summed E-state index contributed by atoms with van der Waals surface area (Å²) in [4.78, 5) is 0.255. The quantitative estimate of drug-likeness (QED) is 0.693. The average Bonchev–Trinajstić information content (AvgIpc) is 3.04. The Kier molecular flexibility index (Phi) is 5.54. The lowest BCUT2D eigenvalue weighted by Gasteiger charge is -2.08. The molecule has 1 aromatic heterocycles. The Morgan fingerprint density at radius 1 is 1.00 bits per heavy atom. The second-order valence-electron chi connectivity index (χ2n) is 6.61. The molecule has 3 rings (SSSR count). The van der Waals surface area contributed by atoms with Crippen molar-refractivity contribution < 1.29 is 8.42 Å². The largest absolute Gasteiger partial charge is 0.240 e. The lowest BCUT2D eigenvalue weighted by molar-refractivity contribution is 0.580. The molecule has 2 aromatic carbocycles. The first-order valence-corrected chi connectivity index (χ1v) is 10.1. The Hall–Kier alpha value is -2.44. The molecule has 1 heterocycles. The molecule has 0 spiro atoms. The molecule has 0 saturated carbocycles. The maximum atomic E-state index is 12.4. The highest BCUT2D eigenvalue weighted by Gasteiger charge is 2.16. The molecule has 136 valence electrons. The number of hydrogen-bond acceptors (Lipinski definition) is 3. The molecule has 0 atom stereocenters. The van der Waals surface area contributed by atoms with Crippen LogP contribution in [0.4, 0.5) is 0 Å². The van der Waals surface area contributed by atoms with Crippen molar-refractivity contribution in [2.45, 2.75) is 31.7 Å². The predicted octanol–water partition coefficient (Wildman–Crippen LogP) is 3.55. The molecule has 1 N–H and O–H groups in total. The molecule has 0 fully saturated rings. The molecule has 26 heavy (non-hydrogen) atoms. The zero-order chi connectivity index (χ0) is 18.6. The summed E-state index contributed by atoms with van der Waals surface area (Å²) in [7, 11) is -3.55. The highest BCUT2D eigenvalue weighted by atomic mass is 32.2. The van der Waals surface area contributed by atoms with E-state index >= 15 is 0 Å². The van der Waals surface area contributed by atoms with E-state index in [0.717, 1.165) is 17.8 Å². The Morgan fingerprint density at radius 2 is 1.62 bits per heavy atom. The van der Waals surface area contributed by atoms with Gasteiger partial charge in [-0.05, 0) is 42.7 Å². The van der Waals surface area contributed by atoms with Gasteiger partial charge in [-0.25, -0.2) is 17.8 Å². The van der Waals surface area contributed by atoms with E-state index in [1.165, 1.54) is 0 Å². The van der Waals surface area contributed by atoms with Gasteiger partial charge in [0.15, 0.2) is 0 Å². The van der Waals surface area contributed by atoms with E-state index in [4.69, 9.17) is 0 Å². The Labute approximate surface area is 154 Å². The summed E-state index contributed by atoms with van der Waals surface area (Å²) < 4.78 is 29.3. The molecule has 0 bridgehead atoms. The van der Waals surface area contributed by atoms with Gasteiger partial charge >= 0.3 is 0 Å². The Morgan fingerprint density at radius 3 is 2.23 bits per heavy atom. The van der Waals surface area contributed by atoms with Gasteiger partial charge < -0.3 is 0 Å². The molecule has 0 unspecified atom stereocenters. The first-order valence-electron chi connectivity index (χ1n) is 8.63. The maximum Gasteiger partial charge on any atom is 0.240 e. The van der Waals surface area contributed by atoms with Gasteiger partial charge in [-0.15, -0.1) is 0 Å². The fraction of sp³-hybridized carbons (Fsp3) is 0.250. The van der Waals surface area contributed by atoms with Crippen LogP contribution in [0.1, 0.15) is 25.2 Å². The number of hydrogen-bond donors (Lipinski definition) is 1. The van der Waals surface area contributed by atoms with Crippen molar-refractivity contribution in [2.75, 3.05) is 0 Å². The van der Waals surface area contributed by atoms with Crippen molar-refractivity contribution in [1.29, 1.82) is 0 Å². The summed E-state index contributed by atoms with van der Waals surface area (Å²) in [5.74, 6) is 0.475. The van der Waals surface area contributed by atoms with Crippen molar-refractivity contribution in [3.63, 3.8) is 0 Å². The van der Waals surface area contributed by atoms with Crippen LogP contribution in [0.2, 0.25) is 0 Å². The molecule has 5 nitrogen and oxygen atoms in total. The van der Waals surface area contributed by atoms with Crippen LogP contribution in [0, 0.1) is 5.92 Å². The summed E-state index contributed by atoms with van der Waals surface area (Å²) in [6, 6.07) is 20.2. The minimum absolute atomic E-state index is 0.155. The number of benzene rings is 2. The Balaban J connectivity index is 1.84. The lowest BCUT2D eigenvalue weighted by atomic mass is 10.1. The summed E-state index contributed by atoms with van der Waals surface area (Å²) in [5, 5.41) is 4.62. The van der Waals surface area contributed by atoms with Crippen LogP contribution in [-0.4, -0.2) is 18.2 Å². The fourth-order valence-electron chi connectivity index (χ4n) is 2.77. The van der Waals surface area contributed by atoms with Gasteiger partial charge in [0.05, 0.1) is 22.8 Å². The van der Waals surface area contributed by atoms with Crippen LogP contribution >= 0.6 is 0 Å². The highest BCUT2D eigenvalue weighted by molar-refractivity contribution is 7.89. The normalized spacial score (nSPS) is 11.8. The third-order valence-corrected chi connectivity index (χ3v) is 5.37. The van der Waals surface area contributed by atoms with Gasteiger partial charge in [-0.3, -0.25) is 0 Å². The predicted molar refractivity (Wildman–Crippen MR) is 103 cm³/mol. The van der Waals surface area contributed by atoms with E-state index in [-0.39, 0.29) is 11.4 Å². The number of para-hydroxylation sites is 1. The molecule has 3 aromatic rings. The summed E-state index contributed by atoms with van der Waals surface area (Å²) in [6.45, 7) is 4.46. The van der Waals surface area contributed by atoms with Crippen molar-refractivity contribution in [1.82, 2.24) is 14.5 Å². The Bertz CT molecular complexity index is 949. The number of nitrogens with one attached hydrogen (secondary N) is 1. The van der Waals surface area contributed by atoms with Gasteiger partial charge in [-0.1, -0.05) is 50.2 Å². The number of aromatic nitrogens is 2. The van der Waals surface area contributed by atoms with Crippen molar-refractivity contribution in [2.24, 2.45) is 5.92 Å². The highest BCUT2D eigenvalue weighted by Crippen LogP contribution is 2.17. The van der Waals surface area contributed by atoms with Crippen LogP contribution in [-0.2, 0) is 23.0 Å². The maximum absolute atomic E-state index is 12.4. The average molecular weight is 369 g/mol. The van der Waals surface area contributed by atoms with E-state index < -0.39 is 10.0 Å². The monoisotopic (exact) mass is 369 g/mol. The molecule has 0 radical (unpaired) electrons. The molecule has 0 aliphatic heterocycles. The van der Waals surface area contributed by atoms with Gasteiger partial charge in [0, 0.05) is 5.69 Å². The van der Waals surface area contributed by atoms with E-state index in [2.05, 4.69) is 23.7 Å². The summed E-state index contributed by atoms with van der Waals surface area (Å²) in [5.41, 5.74) is 2.74. The molecule has 6 heteroatoms. The second kappa shape index (κ2) is 7.85. The SMILES string of the molecule is CC(C)Cc1cc(CNS(=O)(=O)c2ccccc2)nn1-c1ccccc1. The van der Waals surface area contributed by atoms with E-state index in [0.29, 0.717) is 11.6 Å². The standard InChI is InChI=1S/C20H23N3O2S/c1-16(2)13-19-14-17(22-23(19)18-9-5-3-6-10-18)15-21-26(24,25)20-11-7-4-8-12-20/h3-12,14,16,21H,13,15H2,1-2H3. The summed E-state index contributed by atoms with van der Waals surface area (Å²) in [6.07, 6.45) is 0.868. The van der Waals surface area contributed by atoms with E-state index in [9.17, 15) is 8.42 Å².